The summed E-state index contributed by atoms with van der Waals surface area (Å²) in [7, 11) is 0. The third-order valence-corrected chi connectivity index (χ3v) is 3.42. The van der Waals surface area contributed by atoms with E-state index < -0.39 is 11.6 Å². The van der Waals surface area contributed by atoms with Gasteiger partial charge in [-0.05, 0) is 43.1 Å². The molecule has 3 rings (SSSR count). The number of hydrogen-bond acceptors (Lipinski definition) is 4. The molecule has 1 aliphatic rings. The second kappa shape index (κ2) is 5.66. The van der Waals surface area contributed by atoms with Crippen LogP contribution in [-0.2, 0) is 12.8 Å². The summed E-state index contributed by atoms with van der Waals surface area (Å²) in [5.41, 5.74) is 0.498. The zero-order valence-electron chi connectivity index (χ0n) is 10.9. The summed E-state index contributed by atoms with van der Waals surface area (Å²) < 4.78 is 31.4. The summed E-state index contributed by atoms with van der Waals surface area (Å²) >= 11 is 0. The van der Waals surface area contributed by atoms with E-state index in [-0.39, 0.29) is 6.42 Å². The van der Waals surface area contributed by atoms with Gasteiger partial charge in [-0.3, -0.25) is 0 Å². The Morgan fingerprint density at radius 1 is 1.25 bits per heavy atom. The van der Waals surface area contributed by atoms with E-state index in [9.17, 15) is 8.78 Å². The molecule has 0 radical (unpaired) electrons. The third-order valence-electron chi connectivity index (χ3n) is 3.42. The zero-order chi connectivity index (χ0) is 13.9. The topological polar surface area (TPSA) is 51.0 Å². The first-order valence-electron chi connectivity index (χ1n) is 6.66. The average Bonchev–Trinajstić information content (AvgIpc) is 3.01. The van der Waals surface area contributed by atoms with Crippen LogP contribution in [0.4, 0.5) is 8.78 Å². The van der Waals surface area contributed by atoms with Crippen LogP contribution in [0.15, 0.2) is 22.7 Å². The van der Waals surface area contributed by atoms with Crippen molar-refractivity contribution in [1.82, 2.24) is 15.5 Å². The van der Waals surface area contributed by atoms with E-state index in [0.717, 1.165) is 32.0 Å². The van der Waals surface area contributed by atoms with Gasteiger partial charge in [-0.15, -0.1) is 0 Å². The minimum Gasteiger partial charge on any atom is -0.339 e. The van der Waals surface area contributed by atoms with Crippen molar-refractivity contribution in [3.63, 3.8) is 0 Å². The van der Waals surface area contributed by atoms with Crippen LogP contribution in [0.5, 0.6) is 0 Å². The summed E-state index contributed by atoms with van der Waals surface area (Å²) in [6.45, 7) is 1.99. The van der Waals surface area contributed by atoms with Crippen LogP contribution in [0.1, 0.15) is 23.7 Å². The van der Waals surface area contributed by atoms with Crippen molar-refractivity contribution in [2.24, 2.45) is 5.92 Å². The first-order chi connectivity index (χ1) is 9.69. The summed E-state index contributed by atoms with van der Waals surface area (Å²) in [6, 6.07) is 3.40. The highest BCUT2D eigenvalue weighted by Gasteiger charge is 2.18. The number of nitrogens with zero attached hydrogens (tertiary/aromatic N) is 2. The summed E-state index contributed by atoms with van der Waals surface area (Å²) in [4.78, 5) is 4.28. The van der Waals surface area contributed by atoms with Crippen molar-refractivity contribution in [2.75, 3.05) is 13.1 Å². The molecular formula is C14H15F2N3O. The van der Waals surface area contributed by atoms with Gasteiger partial charge in [0, 0.05) is 18.9 Å². The van der Waals surface area contributed by atoms with Gasteiger partial charge in [0.2, 0.25) is 5.89 Å². The Balaban J connectivity index is 1.67. The molecule has 106 valence electrons. The van der Waals surface area contributed by atoms with E-state index in [4.69, 9.17) is 4.52 Å². The van der Waals surface area contributed by atoms with Gasteiger partial charge in [-0.2, -0.15) is 4.98 Å². The molecule has 0 amide bonds. The number of nitrogens with one attached hydrogen (secondary N) is 1. The molecule has 0 aliphatic carbocycles. The van der Waals surface area contributed by atoms with Crippen molar-refractivity contribution in [3.8, 4) is 0 Å². The number of benzene rings is 1. The van der Waals surface area contributed by atoms with Gasteiger partial charge < -0.3 is 9.84 Å². The van der Waals surface area contributed by atoms with Crippen LogP contribution in [0, 0.1) is 17.6 Å². The van der Waals surface area contributed by atoms with Crippen LogP contribution in [0.3, 0.4) is 0 Å². The highest BCUT2D eigenvalue weighted by molar-refractivity contribution is 5.21. The lowest BCUT2D eigenvalue weighted by molar-refractivity contribution is 0.354. The number of hydrogen-bond donors (Lipinski definition) is 1. The van der Waals surface area contributed by atoms with Gasteiger partial charge in [-0.25, -0.2) is 8.78 Å². The molecule has 1 unspecified atom stereocenters. The molecule has 1 fully saturated rings. The second-order valence-electron chi connectivity index (χ2n) is 5.12. The fraction of sp³-hybridized carbons (Fsp3) is 0.429. The number of aromatic nitrogens is 2. The minimum atomic E-state index is -0.597. The Labute approximate surface area is 115 Å². The van der Waals surface area contributed by atoms with Crippen molar-refractivity contribution in [2.45, 2.75) is 19.3 Å². The standard InChI is InChI=1S/C14H15F2N3O/c15-11-3-10(4-12(16)7-11)5-13-18-14(20-19-13)6-9-1-2-17-8-9/h3-4,7,9,17H,1-2,5-6,8H2. The third kappa shape index (κ3) is 3.19. The molecule has 6 heteroatoms. The van der Waals surface area contributed by atoms with Crippen LogP contribution in [0.2, 0.25) is 0 Å². The van der Waals surface area contributed by atoms with E-state index in [0.29, 0.717) is 23.2 Å². The van der Waals surface area contributed by atoms with E-state index in [1.807, 2.05) is 0 Å². The van der Waals surface area contributed by atoms with Gasteiger partial charge in [0.05, 0.1) is 0 Å². The lowest BCUT2D eigenvalue weighted by Gasteiger charge is -2.01. The van der Waals surface area contributed by atoms with E-state index in [2.05, 4.69) is 15.5 Å². The first kappa shape index (κ1) is 13.2. The Bertz CT molecular complexity index is 574. The number of rotatable bonds is 4. The van der Waals surface area contributed by atoms with Crippen molar-refractivity contribution in [3.05, 3.63) is 47.1 Å². The van der Waals surface area contributed by atoms with E-state index in [1.54, 1.807) is 0 Å². The predicted molar refractivity (Wildman–Crippen MR) is 68.1 cm³/mol. The van der Waals surface area contributed by atoms with Crippen molar-refractivity contribution >= 4 is 0 Å². The maximum absolute atomic E-state index is 13.1. The molecule has 1 atom stereocenters. The Morgan fingerprint density at radius 2 is 2.05 bits per heavy atom. The lowest BCUT2D eigenvalue weighted by Crippen LogP contribution is -2.10. The first-order valence-corrected chi connectivity index (χ1v) is 6.66. The molecule has 0 bridgehead atoms. The summed E-state index contributed by atoms with van der Waals surface area (Å²) in [5.74, 6) is 0.373. The molecule has 4 nitrogen and oxygen atoms in total. The molecule has 2 heterocycles. The lowest BCUT2D eigenvalue weighted by atomic mass is 10.1. The molecule has 0 saturated carbocycles. The highest BCUT2D eigenvalue weighted by Crippen LogP contribution is 2.15. The Hall–Kier alpha value is -1.82. The van der Waals surface area contributed by atoms with Crippen LogP contribution in [-0.4, -0.2) is 23.2 Å². The average molecular weight is 279 g/mol. The molecule has 1 aromatic carbocycles. The van der Waals surface area contributed by atoms with Gasteiger partial charge in [0.15, 0.2) is 5.82 Å². The SMILES string of the molecule is Fc1cc(F)cc(Cc2noc(CC3CCNC3)n2)c1. The summed E-state index contributed by atoms with van der Waals surface area (Å²) in [5, 5.41) is 7.14. The molecule has 1 aromatic heterocycles. The predicted octanol–water partition coefficient (Wildman–Crippen LogP) is 2.09. The fourth-order valence-corrected chi connectivity index (χ4v) is 2.48. The zero-order valence-corrected chi connectivity index (χ0v) is 10.9. The molecule has 2 aromatic rings. The molecule has 0 spiro atoms. The fourth-order valence-electron chi connectivity index (χ4n) is 2.48. The maximum atomic E-state index is 13.1. The van der Waals surface area contributed by atoms with Crippen LogP contribution in [0.25, 0.3) is 0 Å². The number of halogens is 2. The normalized spacial score (nSPS) is 18.6. The van der Waals surface area contributed by atoms with Gasteiger partial charge in [0.25, 0.3) is 0 Å². The molecule has 1 saturated heterocycles. The minimum absolute atomic E-state index is 0.265. The smallest absolute Gasteiger partial charge is 0.226 e. The monoisotopic (exact) mass is 279 g/mol. The quantitative estimate of drug-likeness (QED) is 0.931. The van der Waals surface area contributed by atoms with Crippen LogP contribution < -0.4 is 5.32 Å². The van der Waals surface area contributed by atoms with Gasteiger partial charge in [0.1, 0.15) is 11.6 Å². The molecular weight excluding hydrogens is 264 g/mol. The molecule has 1 N–H and O–H groups in total. The largest absolute Gasteiger partial charge is 0.339 e. The van der Waals surface area contributed by atoms with E-state index >= 15 is 0 Å². The molecule has 20 heavy (non-hydrogen) atoms. The molecule has 1 aliphatic heterocycles. The Kier molecular flexibility index (Phi) is 3.73. The van der Waals surface area contributed by atoms with Gasteiger partial charge in [-0.1, -0.05) is 5.16 Å². The van der Waals surface area contributed by atoms with Crippen molar-refractivity contribution < 1.29 is 13.3 Å². The van der Waals surface area contributed by atoms with E-state index in [1.165, 1.54) is 12.1 Å². The second-order valence-corrected chi connectivity index (χ2v) is 5.12. The van der Waals surface area contributed by atoms with Crippen LogP contribution >= 0.6 is 0 Å². The van der Waals surface area contributed by atoms with Crippen molar-refractivity contribution in [1.29, 1.82) is 0 Å². The summed E-state index contributed by atoms with van der Waals surface area (Å²) in [6.07, 6.45) is 2.12. The Morgan fingerprint density at radius 3 is 2.75 bits per heavy atom. The maximum Gasteiger partial charge on any atom is 0.226 e. The van der Waals surface area contributed by atoms with Gasteiger partial charge >= 0.3 is 0 Å². The highest BCUT2D eigenvalue weighted by atomic mass is 19.1.